The van der Waals surface area contributed by atoms with E-state index in [1.807, 2.05) is 0 Å². The van der Waals surface area contributed by atoms with E-state index >= 15 is 0 Å². The summed E-state index contributed by atoms with van der Waals surface area (Å²) < 4.78 is 0. The van der Waals surface area contributed by atoms with Gasteiger partial charge in [-0.2, -0.15) is 0 Å². The molecule has 0 radical (unpaired) electrons. The zero-order valence-corrected chi connectivity index (χ0v) is 10.9. The second kappa shape index (κ2) is 9.73. The fourth-order valence-electron chi connectivity index (χ4n) is 1.30. The number of nitrogens with one attached hydrogen (secondary N) is 2. The van der Waals surface area contributed by atoms with Crippen molar-refractivity contribution in [1.29, 1.82) is 0 Å². The molecule has 0 heterocycles. The Morgan fingerprint density at radius 1 is 1.05 bits per heavy atom. The number of nitrogens with two attached hydrogens (primary N) is 1. The normalized spacial score (nSPS) is 11.4. The third-order valence-corrected chi connectivity index (χ3v) is 2.33. The number of carboxylic acids is 2. The summed E-state index contributed by atoms with van der Waals surface area (Å²) in [5, 5.41) is 21.7. The molecule has 0 saturated heterocycles. The number of amides is 2. The zero-order chi connectivity index (χ0) is 15.5. The highest BCUT2D eigenvalue weighted by Crippen LogP contribution is 1.98. The summed E-state index contributed by atoms with van der Waals surface area (Å²) in [5.41, 5.74) is 5.22. The Kier molecular flexibility index (Phi) is 8.68. The van der Waals surface area contributed by atoms with Gasteiger partial charge in [-0.15, -0.1) is 0 Å². The number of carbonyl (C=O) groups excluding carboxylic acids is 2. The minimum absolute atomic E-state index is 0.186. The summed E-state index contributed by atoms with van der Waals surface area (Å²) in [7, 11) is 0. The van der Waals surface area contributed by atoms with E-state index in [4.69, 9.17) is 15.9 Å². The van der Waals surface area contributed by atoms with Gasteiger partial charge in [0, 0.05) is 12.8 Å². The molecule has 0 fully saturated rings. The molecule has 9 heteroatoms. The van der Waals surface area contributed by atoms with Gasteiger partial charge in [0.15, 0.2) is 0 Å². The number of aliphatic carboxylic acids is 2. The lowest BCUT2D eigenvalue weighted by Gasteiger charge is -2.13. The predicted molar refractivity (Wildman–Crippen MR) is 67.7 cm³/mol. The van der Waals surface area contributed by atoms with Crippen LogP contribution in [0.1, 0.15) is 25.7 Å². The van der Waals surface area contributed by atoms with Gasteiger partial charge >= 0.3 is 11.9 Å². The topological polar surface area (TPSA) is 159 Å². The van der Waals surface area contributed by atoms with Crippen LogP contribution in [0.25, 0.3) is 0 Å². The molecule has 9 nitrogen and oxygen atoms in total. The molecule has 0 bridgehead atoms. The van der Waals surface area contributed by atoms with Crippen molar-refractivity contribution in [2.45, 2.75) is 31.7 Å². The summed E-state index contributed by atoms with van der Waals surface area (Å²) in [4.78, 5) is 43.8. The van der Waals surface area contributed by atoms with Crippen LogP contribution >= 0.6 is 0 Å². The number of hydrogen-bond acceptors (Lipinski definition) is 5. The molecule has 0 rings (SSSR count). The molecule has 0 aliphatic carbocycles. The Balaban J connectivity index is 4.10. The number of rotatable bonds is 10. The van der Waals surface area contributed by atoms with Crippen LogP contribution in [0.5, 0.6) is 0 Å². The van der Waals surface area contributed by atoms with Gasteiger partial charge in [-0.1, -0.05) is 0 Å². The molecule has 2 amide bonds. The maximum atomic E-state index is 11.4. The molecule has 0 aliphatic heterocycles. The van der Waals surface area contributed by atoms with Crippen molar-refractivity contribution in [2.75, 3.05) is 13.1 Å². The van der Waals surface area contributed by atoms with Crippen LogP contribution in [-0.2, 0) is 19.2 Å². The molecule has 0 saturated carbocycles. The van der Waals surface area contributed by atoms with Crippen LogP contribution in [-0.4, -0.2) is 53.1 Å². The molecule has 20 heavy (non-hydrogen) atoms. The van der Waals surface area contributed by atoms with Crippen molar-refractivity contribution in [1.82, 2.24) is 10.6 Å². The Morgan fingerprint density at radius 2 is 1.70 bits per heavy atom. The summed E-state index contributed by atoms with van der Waals surface area (Å²) in [6.07, 6.45) is 0.0760. The highest BCUT2D eigenvalue weighted by Gasteiger charge is 2.20. The average Bonchev–Trinajstić information content (AvgIpc) is 2.38. The van der Waals surface area contributed by atoms with Gasteiger partial charge in [0.05, 0.1) is 6.54 Å². The van der Waals surface area contributed by atoms with Gasteiger partial charge in [0.25, 0.3) is 0 Å². The molecule has 0 aromatic heterocycles. The van der Waals surface area contributed by atoms with Crippen molar-refractivity contribution < 1.29 is 29.4 Å². The number of hydrogen-bond donors (Lipinski definition) is 5. The maximum absolute atomic E-state index is 11.4. The van der Waals surface area contributed by atoms with Gasteiger partial charge in [0.1, 0.15) is 6.04 Å². The second-order valence-electron chi connectivity index (χ2n) is 4.06. The van der Waals surface area contributed by atoms with E-state index in [1.54, 1.807) is 0 Å². The summed E-state index contributed by atoms with van der Waals surface area (Å²) in [5.74, 6) is -3.53. The van der Waals surface area contributed by atoms with Crippen LogP contribution in [0.2, 0.25) is 0 Å². The first kappa shape index (κ1) is 17.8. The van der Waals surface area contributed by atoms with Crippen molar-refractivity contribution in [2.24, 2.45) is 5.73 Å². The Morgan fingerprint density at radius 3 is 2.20 bits per heavy atom. The molecular formula is C11H19N3O6. The Labute approximate surface area is 115 Å². The minimum atomic E-state index is -1.32. The number of carbonyl (C=O) groups is 4. The van der Waals surface area contributed by atoms with Crippen molar-refractivity contribution in [3.8, 4) is 0 Å². The van der Waals surface area contributed by atoms with E-state index < -0.39 is 23.9 Å². The fourth-order valence-corrected chi connectivity index (χ4v) is 1.30. The summed E-state index contributed by atoms with van der Waals surface area (Å²) in [6.45, 7) is -0.00382. The molecule has 0 unspecified atom stereocenters. The summed E-state index contributed by atoms with van der Waals surface area (Å²) in [6, 6.07) is -1.29. The van der Waals surface area contributed by atoms with Crippen LogP contribution in [0.4, 0.5) is 0 Å². The van der Waals surface area contributed by atoms with Crippen molar-refractivity contribution in [3.05, 3.63) is 0 Å². The van der Waals surface area contributed by atoms with Crippen LogP contribution in [0.15, 0.2) is 0 Å². The van der Waals surface area contributed by atoms with Gasteiger partial charge < -0.3 is 26.6 Å². The van der Waals surface area contributed by atoms with E-state index in [2.05, 4.69) is 10.6 Å². The fraction of sp³-hybridized carbons (Fsp3) is 0.636. The average molecular weight is 289 g/mol. The maximum Gasteiger partial charge on any atom is 0.326 e. The third-order valence-electron chi connectivity index (χ3n) is 2.33. The highest BCUT2D eigenvalue weighted by molar-refractivity contribution is 5.88. The second-order valence-corrected chi connectivity index (χ2v) is 4.06. The van der Waals surface area contributed by atoms with Crippen LogP contribution < -0.4 is 16.4 Å². The summed E-state index contributed by atoms with van der Waals surface area (Å²) >= 11 is 0. The molecule has 0 aliphatic rings. The van der Waals surface area contributed by atoms with Crippen molar-refractivity contribution in [3.63, 3.8) is 0 Å². The first-order chi connectivity index (χ1) is 9.36. The standard InChI is InChI=1S/C11H19N3O6/c12-5-1-2-8(15)13-6-9(16)14-7(11(19)20)3-4-10(17)18/h7H,1-6,12H2,(H,13,15)(H,14,16)(H,17,18)(H,19,20)/t7-/m0/s1. The smallest absolute Gasteiger partial charge is 0.326 e. The third kappa shape index (κ3) is 8.86. The largest absolute Gasteiger partial charge is 0.481 e. The predicted octanol–water partition coefficient (Wildman–Crippen LogP) is -1.72. The lowest BCUT2D eigenvalue weighted by Crippen LogP contribution is -2.45. The Hall–Kier alpha value is -2.16. The van der Waals surface area contributed by atoms with E-state index in [1.165, 1.54) is 0 Å². The molecule has 6 N–H and O–H groups in total. The van der Waals surface area contributed by atoms with Gasteiger partial charge in [-0.25, -0.2) is 4.79 Å². The molecule has 0 aromatic rings. The van der Waals surface area contributed by atoms with E-state index in [0.717, 1.165) is 0 Å². The minimum Gasteiger partial charge on any atom is -0.481 e. The Bertz CT molecular complexity index is 371. The lowest BCUT2D eigenvalue weighted by atomic mass is 10.1. The first-order valence-electron chi connectivity index (χ1n) is 6.07. The molecule has 0 spiro atoms. The van der Waals surface area contributed by atoms with Gasteiger partial charge in [0.2, 0.25) is 11.8 Å². The van der Waals surface area contributed by atoms with Gasteiger partial charge in [-0.3, -0.25) is 14.4 Å². The van der Waals surface area contributed by atoms with E-state index in [0.29, 0.717) is 13.0 Å². The number of carboxylic acid groups (broad SMARTS) is 2. The van der Waals surface area contributed by atoms with Gasteiger partial charge in [-0.05, 0) is 19.4 Å². The van der Waals surface area contributed by atoms with Crippen LogP contribution in [0.3, 0.4) is 0 Å². The van der Waals surface area contributed by atoms with Crippen LogP contribution in [0, 0.1) is 0 Å². The quantitative estimate of drug-likeness (QED) is 0.319. The molecule has 0 aromatic carbocycles. The first-order valence-corrected chi connectivity index (χ1v) is 6.07. The molecule has 1 atom stereocenters. The zero-order valence-electron chi connectivity index (χ0n) is 10.9. The molecule has 114 valence electrons. The highest BCUT2D eigenvalue weighted by atomic mass is 16.4. The molecular weight excluding hydrogens is 270 g/mol. The van der Waals surface area contributed by atoms with E-state index in [-0.39, 0.29) is 31.7 Å². The van der Waals surface area contributed by atoms with Crippen molar-refractivity contribution >= 4 is 23.8 Å². The SMILES string of the molecule is NCCCC(=O)NCC(=O)N[C@@H](CCC(=O)O)C(=O)O. The lowest BCUT2D eigenvalue weighted by molar-refractivity contribution is -0.142. The monoisotopic (exact) mass is 289 g/mol. The van der Waals surface area contributed by atoms with E-state index in [9.17, 15) is 19.2 Å².